The number of carbonyl (C=O) groups excluding carboxylic acids is 2. The fourth-order valence-corrected chi connectivity index (χ4v) is 4.87. The van der Waals surface area contributed by atoms with Gasteiger partial charge in [0.1, 0.15) is 0 Å². The Morgan fingerprint density at radius 3 is 2.03 bits per heavy atom. The van der Waals surface area contributed by atoms with Crippen molar-refractivity contribution in [3.63, 3.8) is 0 Å². The van der Waals surface area contributed by atoms with Crippen molar-refractivity contribution in [2.24, 2.45) is 5.14 Å². The minimum Gasteiger partial charge on any atom is -0.335 e. The number of sulfonamides is 1. The molecule has 1 fully saturated rings. The molecular formula is C20H19N3O4S2. The second-order valence-corrected chi connectivity index (χ2v) is 9.45. The van der Waals surface area contributed by atoms with Gasteiger partial charge in [-0.15, -0.1) is 11.3 Å². The van der Waals surface area contributed by atoms with Crippen molar-refractivity contribution >= 4 is 43.3 Å². The van der Waals surface area contributed by atoms with Crippen molar-refractivity contribution in [1.29, 1.82) is 0 Å². The molecule has 7 nitrogen and oxygen atoms in total. The van der Waals surface area contributed by atoms with Gasteiger partial charge in [-0.25, -0.2) is 13.6 Å². The molecular weight excluding hydrogens is 410 g/mol. The first kappa shape index (κ1) is 19.6. The normalized spacial score (nSPS) is 14.9. The molecule has 0 unspecified atom stereocenters. The van der Waals surface area contributed by atoms with E-state index in [2.05, 4.69) is 0 Å². The molecule has 2 amide bonds. The molecule has 9 heteroatoms. The van der Waals surface area contributed by atoms with Gasteiger partial charge in [0.05, 0.1) is 9.77 Å². The zero-order chi connectivity index (χ0) is 20.6. The molecule has 0 spiro atoms. The Bertz CT molecular complexity index is 1140. The lowest BCUT2D eigenvalue weighted by Gasteiger charge is -2.34. The molecule has 0 saturated carbocycles. The van der Waals surface area contributed by atoms with Gasteiger partial charge < -0.3 is 9.80 Å². The Labute approximate surface area is 172 Å². The number of hydrogen-bond acceptors (Lipinski definition) is 5. The highest BCUT2D eigenvalue weighted by Crippen LogP contribution is 2.26. The summed E-state index contributed by atoms with van der Waals surface area (Å²) < 4.78 is 23.7. The molecule has 4 rings (SSSR count). The first-order chi connectivity index (χ1) is 13.8. The lowest BCUT2D eigenvalue weighted by atomic mass is 10.2. The highest BCUT2D eigenvalue weighted by atomic mass is 32.2. The SMILES string of the molecule is NS(=O)(=O)c1ccc(C(=O)N2CCN(C(=O)c3cc4ccccc4s3)CC2)cc1. The molecule has 150 valence electrons. The van der Waals surface area contributed by atoms with Gasteiger partial charge in [0, 0.05) is 36.4 Å². The Morgan fingerprint density at radius 2 is 1.45 bits per heavy atom. The zero-order valence-electron chi connectivity index (χ0n) is 15.4. The Morgan fingerprint density at radius 1 is 0.862 bits per heavy atom. The predicted octanol–water partition coefficient (Wildman–Crippen LogP) is 2.15. The summed E-state index contributed by atoms with van der Waals surface area (Å²) in [5.74, 6) is -0.212. The van der Waals surface area contributed by atoms with Crippen LogP contribution in [0.25, 0.3) is 10.1 Å². The van der Waals surface area contributed by atoms with Crippen LogP contribution >= 0.6 is 11.3 Å². The molecule has 1 aliphatic rings. The van der Waals surface area contributed by atoms with Crippen molar-refractivity contribution in [3.8, 4) is 0 Å². The largest absolute Gasteiger partial charge is 0.335 e. The minimum absolute atomic E-state index is 0.0178. The molecule has 1 aromatic heterocycles. The third-order valence-electron chi connectivity index (χ3n) is 4.92. The van der Waals surface area contributed by atoms with Crippen molar-refractivity contribution < 1.29 is 18.0 Å². The van der Waals surface area contributed by atoms with Crippen LogP contribution in [0.2, 0.25) is 0 Å². The van der Waals surface area contributed by atoms with Crippen molar-refractivity contribution in [3.05, 3.63) is 65.0 Å². The number of nitrogens with two attached hydrogens (primary N) is 1. The fourth-order valence-electron chi connectivity index (χ4n) is 3.33. The maximum atomic E-state index is 12.8. The molecule has 1 saturated heterocycles. The van der Waals surface area contributed by atoms with E-state index in [0.29, 0.717) is 36.6 Å². The summed E-state index contributed by atoms with van der Waals surface area (Å²) in [6.07, 6.45) is 0. The summed E-state index contributed by atoms with van der Waals surface area (Å²) in [5.41, 5.74) is 0.390. The molecule has 0 aliphatic carbocycles. The maximum Gasteiger partial charge on any atom is 0.264 e. The van der Waals surface area contributed by atoms with Gasteiger partial charge in [-0.2, -0.15) is 0 Å². The van der Waals surface area contributed by atoms with Crippen LogP contribution in [-0.4, -0.2) is 56.2 Å². The molecule has 0 atom stereocenters. The lowest BCUT2D eigenvalue weighted by molar-refractivity contribution is 0.0538. The van der Waals surface area contributed by atoms with Gasteiger partial charge in [-0.05, 0) is 41.8 Å². The number of carbonyl (C=O) groups is 2. The van der Waals surface area contributed by atoms with Crippen molar-refractivity contribution in [2.45, 2.75) is 4.90 Å². The molecule has 2 aromatic carbocycles. The van der Waals surface area contributed by atoms with Crippen molar-refractivity contribution in [1.82, 2.24) is 9.80 Å². The quantitative estimate of drug-likeness (QED) is 0.689. The van der Waals surface area contributed by atoms with Gasteiger partial charge in [0.15, 0.2) is 0 Å². The first-order valence-corrected chi connectivity index (χ1v) is 11.4. The van der Waals surface area contributed by atoms with E-state index < -0.39 is 10.0 Å². The van der Waals surface area contributed by atoms with Crippen LogP contribution in [-0.2, 0) is 10.0 Å². The van der Waals surface area contributed by atoms with E-state index in [9.17, 15) is 18.0 Å². The number of benzene rings is 2. The van der Waals surface area contributed by atoms with E-state index in [1.54, 1.807) is 9.80 Å². The summed E-state index contributed by atoms with van der Waals surface area (Å²) in [6, 6.07) is 15.3. The summed E-state index contributed by atoms with van der Waals surface area (Å²) in [5, 5.41) is 6.14. The minimum atomic E-state index is -3.79. The van der Waals surface area contributed by atoms with Gasteiger partial charge >= 0.3 is 0 Å². The second kappa shape index (κ2) is 7.58. The number of amides is 2. The van der Waals surface area contributed by atoms with Crippen LogP contribution < -0.4 is 5.14 Å². The highest BCUT2D eigenvalue weighted by molar-refractivity contribution is 7.89. The van der Waals surface area contributed by atoms with Crippen LogP contribution in [0.3, 0.4) is 0 Å². The third kappa shape index (κ3) is 4.02. The first-order valence-electron chi connectivity index (χ1n) is 9.03. The van der Waals surface area contributed by atoms with Crippen LogP contribution in [0.4, 0.5) is 0 Å². The standard InChI is InChI=1S/C20H19N3O4S2/c21-29(26,27)16-7-5-14(6-8-16)19(24)22-9-11-23(12-10-22)20(25)18-13-15-3-1-2-4-17(15)28-18/h1-8,13H,9-12H2,(H2,21,26,27). The van der Waals surface area contributed by atoms with Gasteiger partial charge in [0.25, 0.3) is 11.8 Å². The summed E-state index contributed by atoms with van der Waals surface area (Å²) in [6.45, 7) is 1.75. The summed E-state index contributed by atoms with van der Waals surface area (Å²) >= 11 is 1.48. The number of nitrogens with zero attached hydrogens (tertiary/aromatic N) is 2. The van der Waals surface area contributed by atoms with E-state index in [0.717, 1.165) is 10.1 Å². The van der Waals surface area contributed by atoms with Gasteiger partial charge in [-0.1, -0.05) is 18.2 Å². The van der Waals surface area contributed by atoms with Gasteiger partial charge in [0.2, 0.25) is 10.0 Å². The molecule has 0 bridgehead atoms. The average molecular weight is 430 g/mol. The Hall–Kier alpha value is -2.75. The second-order valence-electron chi connectivity index (χ2n) is 6.80. The molecule has 1 aliphatic heterocycles. The monoisotopic (exact) mass is 429 g/mol. The van der Waals surface area contributed by atoms with Crippen LogP contribution in [0.5, 0.6) is 0 Å². The van der Waals surface area contributed by atoms with Gasteiger partial charge in [-0.3, -0.25) is 9.59 Å². The average Bonchev–Trinajstić information content (AvgIpc) is 3.16. The molecule has 3 aromatic rings. The number of rotatable bonds is 3. The number of fused-ring (bicyclic) bond motifs is 1. The van der Waals surface area contributed by atoms with E-state index in [4.69, 9.17) is 5.14 Å². The van der Waals surface area contributed by atoms with E-state index in [-0.39, 0.29) is 16.7 Å². The number of thiophene rings is 1. The number of hydrogen-bond donors (Lipinski definition) is 1. The van der Waals surface area contributed by atoms with Crippen LogP contribution in [0.1, 0.15) is 20.0 Å². The van der Waals surface area contributed by atoms with E-state index >= 15 is 0 Å². The lowest BCUT2D eigenvalue weighted by Crippen LogP contribution is -2.50. The molecule has 0 radical (unpaired) electrons. The highest BCUT2D eigenvalue weighted by Gasteiger charge is 2.26. The van der Waals surface area contributed by atoms with E-state index in [1.807, 2.05) is 30.3 Å². The molecule has 2 N–H and O–H groups in total. The summed E-state index contributed by atoms with van der Waals surface area (Å²) in [4.78, 5) is 29.6. The fraction of sp³-hybridized carbons (Fsp3) is 0.200. The van der Waals surface area contributed by atoms with Crippen LogP contribution in [0.15, 0.2) is 59.5 Å². The van der Waals surface area contributed by atoms with Crippen molar-refractivity contribution in [2.75, 3.05) is 26.2 Å². The number of piperazine rings is 1. The zero-order valence-corrected chi connectivity index (χ0v) is 17.1. The Balaban J connectivity index is 1.41. The maximum absolute atomic E-state index is 12.8. The predicted molar refractivity (Wildman–Crippen MR) is 111 cm³/mol. The molecule has 2 heterocycles. The topological polar surface area (TPSA) is 101 Å². The molecule has 29 heavy (non-hydrogen) atoms. The third-order valence-corrected chi connectivity index (χ3v) is 6.95. The van der Waals surface area contributed by atoms with Crippen LogP contribution in [0, 0.1) is 0 Å². The number of primary sulfonamides is 1. The summed E-state index contributed by atoms with van der Waals surface area (Å²) in [7, 11) is -3.79. The Kier molecular flexibility index (Phi) is 5.12. The smallest absolute Gasteiger partial charge is 0.264 e. The van der Waals surface area contributed by atoms with E-state index in [1.165, 1.54) is 35.6 Å².